The van der Waals surface area contributed by atoms with Crippen molar-refractivity contribution < 1.29 is 22.7 Å². The van der Waals surface area contributed by atoms with Crippen molar-refractivity contribution in [3.8, 4) is 5.75 Å². The van der Waals surface area contributed by atoms with Gasteiger partial charge in [0, 0.05) is 24.9 Å². The normalized spacial score (nSPS) is 18.4. The molecule has 178 valence electrons. The lowest BCUT2D eigenvalue weighted by atomic mass is 9.97. The van der Waals surface area contributed by atoms with E-state index >= 15 is 0 Å². The molecule has 1 aromatic carbocycles. The molecule has 1 aliphatic heterocycles. The van der Waals surface area contributed by atoms with Crippen LogP contribution in [0, 0.1) is 5.41 Å². The summed E-state index contributed by atoms with van der Waals surface area (Å²) < 4.78 is 31.5. The van der Waals surface area contributed by atoms with E-state index in [1.807, 2.05) is 24.3 Å². The van der Waals surface area contributed by atoms with Crippen molar-refractivity contribution in [2.45, 2.75) is 64.7 Å². The van der Waals surface area contributed by atoms with Gasteiger partial charge in [0.05, 0.1) is 18.1 Å². The van der Waals surface area contributed by atoms with Crippen LogP contribution in [-0.2, 0) is 20.0 Å². The molecule has 0 aromatic heterocycles. The third kappa shape index (κ3) is 7.22. The number of carbonyl (C=O) groups is 2. The first kappa shape index (κ1) is 24.6. The summed E-state index contributed by atoms with van der Waals surface area (Å²) in [5.41, 5.74) is 0.836. The molecule has 2 fully saturated rings. The van der Waals surface area contributed by atoms with Gasteiger partial charge < -0.3 is 9.64 Å². The molecule has 32 heavy (non-hydrogen) atoms. The van der Waals surface area contributed by atoms with Crippen LogP contribution in [0.4, 0.5) is 4.79 Å². The molecule has 0 unspecified atom stereocenters. The molecule has 2 aliphatic rings. The van der Waals surface area contributed by atoms with Gasteiger partial charge in [0.2, 0.25) is 5.91 Å². The maximum atomic E-state index is 12.8. The molecule has 1 N–H and O–H groups in total. The second-order valence-corrected chi connectivity index (χ2v) is 12.6. The minimum atomic E-state index is -3.18. The quantitative estimate of drug-likeness (QED) is 0.505. The largest absolute Gasteiger partial charge is 0.493 e. The summed E-state index contributed by atoms with van der Waals surface area (Å²) in [6.45, 7) is 7.95. The molecular formula is C24H36N2O5S. The van der Waals surface area contributed by atoms with Gasteiger partial charge in [-0.1, -0.05) is 39.3 Å². The predicted octanol–water partition coefficient (Wildman–Crippen LogP) is 3.67. The van der Waals surface area contributed by atoms with Crippen LogP contribution in [-0.4, -0.2) is 56.5 Å². The van der Waals surface area contributed by atoms with E-state index in [4.69, 9.17) is 4.74 Å². The smallest absolute Gasteiger partial charge is 0.324 e. The van der Waals surface area contributed by atoms with E-state index in [0.717, 1.165) is 37.0 Å². The van der Waals surface area contributed by atoms with Crippen LogP contribution in [0.2, 0.25) is 0 Å². The number of unbranched alkanes of at least 4 members (excludes halogenated alkanes) is 2. The lowest BCUT2D eigenvalue weighted by Gasteiger charge is -2.26. The Labute approximate surface area is 191 Å². The number of nitrogens with zero attached hydrogens (tertiary/aromatic N) is 1. The van der Waals surface area contributed by atoms with E-state index in [0.29, 0.717) is 32.5 Å². The number of sulfone groups is 1. The van der Waals surface area contributed by atoms with Gasteiger partial charge in [-0.25, -0.2) is 13.2 Å². The zero-order valence-electron chi connectivity index (χ0n) is 19.5. The Hall–Kier alpha value is -2.09. The number of benzene rings is 1. The number of urea groups is 1. The van der Waals surface area contributed by atoms with E-state index in [9.17, 15) is 18.0 Å². The number of amides is 3. The molecule has 0 radical (unpaired) electrons. The van der Waals surface area contributed by atoms with E-state index in [-0.39, 0.29) is 34.3 Å². The van der Waals surface area contributed by atoms with Crippen molar-refractivity contribution >= 4 is 21.8 Å². The average molecular weight is 465 g/mol. The first-order chi connectivity index (χ1) is 15.0. The van der Waals surface area contributed by atoms with Crippen molar-refractivity contribution in [3.05, 3.63) is 29.8 Å². The molecule has 8 heteroatoms. The van der Waals surface area contributed by atoms with Crippen LogP contribution in [0.25, 0.3) is 0 Å². The molecule has 7 nitrogen and oxygen atoms in total. The van der Waals surface area contributed by atoms with Gasteiger partial charge in [-0.15, -0.1) is 0 Å². The third-order valence-corrected chi connectivity index (χ3v) is 7.90. The fourth-order valence-corrected chi connectivity index (χ4v) is 6.08. The summed E-state index contributed by atoms with van der Waals surface area (Å²) in [7, 11) is -3.18. The van der Waals surface area contributed by atoms with Crippen LogP contribution in [0.15, 0.2) is 24.3 Å². The first-order valence-electron chi connectivity index (χ1n) is 11.5. The van der Waals surface area contributed by atoms with Gasteiger partial charge in [0.1, 0.15) is 5.75 Å². The zero-order chi connectivity index (χ0) is 23.4. The predicted molar refractivity (Wildman–Crippen MR) is 125 cm³/mol. The highest BCUT2D eigenvalue weighted by molar-refractivity contribution is 7.91. The van der Waals surface area contributed by atoms with Crippen molar-refractivity contribution in [2.24, 2.45) is 5.41 Å². The maximum Gasteiger partial charge on any atom is 0.324 e. The Morgan fingerprint density at radius 2 is 1.88 bits per heavy atom. The second-order valence-electron chi connectivity index (χ2n) is 10.4. The van der Waals surface area contributed by atoms with Crippen LogP contribution < -0.4 is 10.1 Å². The SMILES string of the molecule is CC(C)(C)COc1cccc(C2(CS(=O)(=O)CCCCCN3CCC(=O)NC3=O)CC2)c1. The van der Waals surface area contributed by atoms with Gasteiger partial charge in [0.15, 0.2) is 9.84 Å². The van der Waals surface area contributed by atoms with Crippen LogP contribution in [0.3, 0.4) is 0 Å². The summed E-state index contributed by atoms with van der Waals surface area (Å²) in [6, 6.07) is 7.55. The van der Waals surface area contributed by atoms with E-state index in [1.165, 1.54) is 0 Å². The number of nitrogens with one attached hydrogen (secondary N) is 1. The Morgan fingerprint density at radius 3 is 2.53 bits per heavy atom. The highest BCUT2D eigenvalue weighted by Crippen LogP contribution is 2.50. The zero-order valence-corrected chi connectivity index (χ0v) is 20.3. The molecule has 1 aliphatic carbocycles. The molecule has 1 heterocycles. The number of carbonyl (C=O) groups excluding carboxylic acids is 2. The highest BCUT2D eigenvalue weighted by Gasteiger charge is 2.47. The summed E-state index contributed by atoms with van der Waals surface area (Å²) in [5, 5.41) is 2.31. The molecule has 3 rings (SSSR count). The topological polar surface area (TPSA) is 92.8 Å². The third-order valence-electron chi connectivity index (χ3n) is 5.99. The van der Waals surface area contributed by atoms with Crippen LogP contribution in [0.1, 0.15) is 64.9 Å². The minimum absolute atomic E-state index is 0.0613. The fourth-order valence-electron chi connectivity index (χ4n) is 3.99. The Balaban J connectivity index is 1.45. The summed E-state index contributed by atoms with van der Waals surface area (Å²) in [5.74, 6) is 0.904. The lowest BCUT2D eigenvalue weighted by Crippen LogP contribution is -2.49. The fraction of sp³-hybridized carbons (Fsp3) is 0.667. The molecule has 3 amide bonds. The second kappa shape index (κ2) is 9.81. The number of imide groups is 1. The van der Waals surface area contributed by atoms with Gasteiger partial charge in [0.25, 0.3) is 0 Å². The van der Waals surface area contributed by atoms with Gasteiger partial charge in [-0.2, -0.15) is 0 Å². The van der Waals surface area contributed by atoms with Gasteiger partial charge in [-0.3, -0.25) is 10.1 Å². The summed E-state index contributed by atoms with van der Waals surface area (Å²) in [4.78, 5) is 24.5. The van der Waals surface area contributed by atoms with Crippen LogP contribution in [0.5, 0.6) is 5.75 Å². The molecule has 1 aromatic rings. The molecule has 0 bridgehead atoms. The van der Waals surface area contributed by atoms with Crippen LogP contribution >= 0.6 is 0 Å². The average Bonchev–Trinajstić information content (AvgIpc) is 3.47. The number of rotatable bonds is 11. The number of ether oxygens (including phenoxy) is 1. The van der Waals surface area contributed by atoms with E-state index in [2.05, 4.69) is 26.1 Å². The maximum absolute atomic E-state index is 12.8. The molecule has 0 atom stereocenters. The van der Waals surface area contributed by atoms with E-state index < -0.39 is 9.84 Å². The van der Waals surface area contributed by atoms with Crippen molar-refractivity contribution in [1.29, 1.82) is 0 Å². The monoisotopic (exact) mass is 464 g/mol. The Morgan fingerprint density at radius 1 is 1.12 bits per heavy atom. The van der Waals surface area contributed by atoms with Crippen molar-refractivity contribution in [3.63, 3.8) is 0 Å². The van der Waals surface area contributed by atoms with Crippen molar-refractivity contribution in [1.82, 2.24) is 10.2 Å². The van der Waals surface area contributed by atoms with Crippen molar-refractivity contribution in [2.75, 3.05) is 31.2 Å². The Kier molecular flexibility index (Phi) is 7.53. The number of hydrogen-bond acceptors (Lipinski definition) is 5. The first-order valence-corrected chi connectivity index (χ1v) is 13.3. The van der Waals surface area contributed by atoms with E-state index in [1.54, 1.807) is 4.90 Å². The minimum Gasteiger partial charge on any atom is -0.493 e. The highest BCUT2D eigenvalue weighted by atomic mass is 32.2. The Bertz CT molecular complexity index is 932. The summed E-state index contributed by atoms with van der Waals surface area (Å²) in [6.07, 6.45) is 4.15. The summed E-state index contributed by atoms with van der Waals surface area (Å²) >= 11 is 0. The van der Waals surface area contributed by atoms with Gasteiger partial charge >= 0.3 is 6.03 Å². The molecule has 1 saturated heterocycles. The lowest BCUT2D eigenvalue weighted by molar-refractivity contribution is -0.121. The molecule has 1 saturated carbocycles. The van der Waals surface area contributed by atoms with Gasteiger partial charge in [-0.05, 0) is 48.8 Å². The molecule has 0 spiro atoms. The number of hydrogen-bond donors (Lipinski definition) is 1. The standard InChI is InChI=1S/C24H36N2O5S/c1-23(2,3)17-31-20-9-7-8-19(16-20)24(11-12-24)18-32(29,30)15-6-4-5-13-26-14-10-21(27)25-22(26)28/h7-9,16H,4-6,10-15,17-18H2,1-3H3,(H,25,27,28). The molecular weight excluding hydrogens is 428 g/mol.